The van der Waals surface area contributed by atoms with Crippen molar-refractivity contribution in [2.24, 2.45) is 10.9 Å². The number of rotatable bonds is 4. The van der Waals surface area contributed by atoms with Crippen LogP contribution in [-0.4, -0.2) is 36.4 Å². The van der Waals surface area contributed by atoms with Gasteiger partial charge in [0.25, 0.3) is 0 Å². The number of ether oxygens (including phenoxy) is 2. The molecule has 0 amide bonds. The van der Waals surface area contributed by atoms with E-state index in [4.69, 9.17) is 21.1 Å². The summed E-state index contributed by atoms with van der Waals surface area (Å²) in [6.45, 7) is 5.37. The number of carbonyl (C=O) groups excluding carboxylic acids is 2. The highest BCUT2D eigenvalue weighted by Crippen LogP contribution is 2.41. The number of aliphatic imine (C=N–C) groups is 1. The van der Waals surface area contributed by atoms with Gasteiger partial charge in [0.05, 0.1) is 19.3 Å². The molecule has 2 heterocycles. The molecule has 0 bridgehead atoms. The maximum atomic E-state index is 12.5. The summed E-state index contributed by atoms with van der Waals surface area (Å²) in [5, 5.41) is 0.223. The topological polar surface area (TPSA) is 77.8 Å². The molecule has 128 valence electrons. The third-order valence-corrected chi connectivity index (χ3v) is 4.22. The number of esters is 2. The zero-order chi connectivity index (χ0) is 17.9. The number of allylic oxidation sites excluding steroid dienone is 1. The van der Waals surface area contributed by atoms with E-state index in [1.807, 2.05) is 0 Å². The lowest BCUT2D eigenvalue weighted by Crippen LogP contribution is -2.36. The van der Waals surface area contributed by atoms with Gasteiger partial charge < -0.3 is 9.47 Å². The quantitative estimate of drug-likeness (QED) is 0.616. The summed E-state index contributed by atoms with van der Waals surface area (Å²) < 4.78 is 10.1. The van der Waals surface area contributed by atoms with E-state index in [9.17, 15) is 9.59 Å². The number of hydrogen-bond donors (Lipinski definition) is 0. The second kappa shape index (κ2) is 7.57. The minimum absolute atomic E-state index is 0.217. The highest BCUT2D eigenvalue weighted by molar-refractivity contribution is 6.30. The van der Waals surface area contributed by atoms with Crippen molar-refractivity contribution in [1.82, 2.24) is 4.98 Å². The Morgan fingerprint density at radius 1 is 1.33 bits per heavy atom. The number of carbonyl (C=O) groups is 2. The molecule has 0 aromatic carbocycles. The zero-order valence-corrected chi connectivity index (χ0v) is 14.8. The van der Waals surface area contributed by atoms with Crippen molar-refractivity contribution >= 4 is 29.3 Å². The predicted octanol–water partition coefficient (Wildman–Crippen LogP) is 2.92. The largest absolute Gasteiger partial charge is 0.468 e. The van der Waals surface area contributed by atoms with Crippen LogP contribution in [0.3, 0.4) is 0 Å². The van der Waals surface area contributed by atoms with Crippen LogP contribution >= 0.6 is 11.6 Å². The zero-order valence-electron chi connectivity index (χ0n) is 14.0. The first-order chi connectivity index (χ1) is 11.4. The van der Waals surface area contributed by atoms with Crippen LogP contribution in [0.1, 0.15) is 32.3 Å². The van der Waals surface area contributed by atoms with E-state index in [1.165, 1.54) is 7.11 Å². The predicted molar refractivity (Wildman–Crippen MR) is 89.9 cm³/mol. The lowest BCUT2D eigenvalue weighted by atomic mass is 9.76. The Morgan fingerprint density at radius 2 is 2.04 bits per heavy atom. The molecule has 0 radical (unpaired) electrons. The summed E-state index contributed by atoms with van der Waals surface area (Å²) in [5.74, 6) is -2.43. The maximum absolute atomic E-state index is 12.5. The smallest absolute Gasteiger partial charge is 0.336 e. The average Bonchev–Trinajstić information content (AvgIpc) is 2.54. The number of halogens is 1. The molecule has 1 aromatic heterocycles. The standard InChI is InChI=1S/C17H19ClN2O4/c1-5-24-17(22)13-10(3)20-9(2)12(16(21)23-4)14(13)11-7-6-8-19-15(11)18/h6-8,12,14H,5H2,1-4H3. The molecule has 2 rings (SSSR count). The Labute approximate surface area is 145 Å². The highest BCUT2D eigenvalue weighted by Gasteiger charge is 2.43. The molecule has 0 saturated heterocycles. The van der Waals surface area contributed by atoms with Crippen LogP contribution < -0.4 is 0 Å². The van der Waals surface area contributed by atoms with Gasteiger partial charge in [0.2, 0.25) is 0 Å². The Bertz CT molecular complexity index is 727. The van der Waals surface area contributed by atoms with Gasteiger partial charge in [-0.3, -0.25) is 9.79 Å². The van der Waals surface area contributed by atoms with E-state index in [0.717, 1.165) is 0 Å². The van der Waals surface area contributed by atoms with Gasteiger partial charge in [0.15, 0.2) is 0 Å². The first-order valence-corrected chi connectivity index (χ1v) is 7.91. The van der Waals surface area contributed by atoms with Gasteiger partial charge in [0, 0.05) is 23.5 Å². The molecule has 6 nitrogen and oxygen atoms in total. The van der Waals surface area contributed by atoms with E-state index in [2.05, 4.69) is 9.98 Å². The van der Waals surface area contributed by atoms with Gasteiger partial charge >= 0.3 is 11.9 Å². The molecule has 7 heteroatoms. The van der Waals surface area contributed by atoms with Crippen molar-refractivity contribution < 1.29 is 19.1 Å². The van der Waals surface area contributed by atoms with E-state index >= 15 is 0 Å². The number of aromatic nitrogens is 1. The number of nitrogens with zero attached hydrogens (tertiary/aromatic N) is 2. The molecule has 0 spiro atoms. The Hall–Kier alpha value is -2.21. The molecule has 1 aliphatic heterocycles. The van der Waals surface area contributed by atoms with Crippen LogP contribution in [0.4, 0.5) is 0 Å². The summed E-state index contributed by atoms with van der Waals surface area (Å²) in [6, 6.07) is 3.44. The Morgan fingerprint density at radius 3 is 2.62 bits per heavy atom. The first-order valence-electron chi connectivity index (χ1n) is 7.53. The normalized spacial score (nSPS) is 20.5. The van der Waals surface area contributed by atoms with Gasteiger partial charge in [-0.15, -0.1) is 0 Å². The molecule has 2 unspecified atom stereocenters. The van der Waals surface area contributed by atoms with Gasteiger partial charge in [-0.1, -0.05) is 17.7 Å². The molecule has 0 saturated carbocycles. The van der Waals surface area contributed by atoms with Crippen molar-refractivity contribution in [3.63, 3.8) is 0 Å². The average molecular weight is 351 g/mol. The lowest BCUT2D eigenvalue weighted by Gasteiger charge is -2.31. The summed E-state index contributed by atoms with van der Waals surface area (Å²) in [4.78, 5) is 33.3. The minimum atomic E-state index is -0.764. The van der Waals surface area contributed by atoms with Gasteiger partial charge in [-0.25, -0.2) is 9.78 Å². The second-order valence-corrected chi connectivity index (χ2v) is 5.69. The van der Waals surface area contributed by atoms with Gasteiger partial charge in [-0.05, 0) is 32.4 Å². The molecule has 24 heavy (non-hydrogen) atoms. The molecular formula is C17H19ClN2O4. The monoisotopic (exact) mass is 350 g/mol. The number of methoxy groups -OCH3 is 1. The summed E-state index contributed by atoms with van der Waals surface area (Å²) in [5.41, 5.74) is 1.91. The van der Waals surface area contributed by atoms with Crippen molar-refractivity contribution in [3.8, 4) is 0 Å². The van der Waals surface area contributed by atoms with E-state index in [1.54, 1.807) is 39.1 Å². The highest BCUT2D eigenvalue weighted by atomic mass is 35.5. The van der Waals surface area contributed by atoms with Crippen molar-refractivity contribution in [3.05, 3.63) is 40.3 Å². The van der Waals surface area contributed by atoms with Crippen LogP contribution in [0.25, 0.3) is 0 Å². The number of hydrogen-bond acceptors (Lipinski definition) is 6. The van der Waals surface area contributed by atoms with Crippen LogP contribution in [0.5, 0.6) is 0 Å². The summed E-state index contributed by atoms with van der Waals surface area (Å²) >= 11 is 6.24. The van der Waals surface area contributed by atoms with Crippen LogP contribution in [0.15, 0.2) is 34.6 Å². The third kappa shape index (κ3) is 3.33. The second-order valence-electron chi connectivity index (χ2n) is 5.33. The molecule has 1 aromatic rings. The van der Waals surface area contributed by atoms with Crippen LogP contribution in [-0.2, 0) is 19.1 Å². The molecular weight excluding hydrogens is 332 g/mol. The molecule has 0 N–H and O–H groups in total. The number of pyridine rings is 1. The van der Waals surface area contributed by atoms with Crippen LogP contribution in [0.2, 0.25) is 5.15 Å². The van der Waals surface area contributed by atoms with E-state index in [-0.39, 0.29) is 11.8 Å². The van der Waals surface area contributed by atoms with Crippen molar-refractivity contribution in [2.45, 2.75) is 26.7 Å². The fourth-order valence-corrected chi connectivity index (χ4v) is 3.15. The molecule has 0 fully saturated rings. The summed E-state index contributed by atoms with van der Waals surface area (Å²) in [6.07, 6.45) is 1.55. The SMILES string of the molecule is CCOC(=O)C1=C(C)N=C(C)C(C(=O)OC)C1c1cccnc1Cl. The first kappa shape index (κ1) is 18.1. The van der Waals surface area contributed by atoms with Gasteiger partial charge in [0.1, 0.15) is 11.1 Å². The lowest BCUT2D eigenvalue weighted by molar-refractivity contribution is -0.144. The third-order valence-electron chi connectivity index (χ3n) is 3.90. The fourth-order valence-electron chi connectivity index (χ4n) is 2.91. The van der Waals surface area contributed by atoms with Crippen LogP contribution in [0, 0.1) is 5.92 Å². The Kier molecular flexibility index (Phi) is 5.72. The molecule has 2 atom stereocenters. The summed E-state index contributed by atoms with van der Waals surface area (Å²) in [7, 11) is 1.30. The van der Waals surface area contributed by atoms with Gasteiger partial charge in [-0.2, -0.15) is 0 Å². The molecule has 1 aliphatic rings. The molecule has 0 aliphatic carbocycles. The van der Waals surface area contributed by atoms with Crippen molar-refractivity contribution in [2.75, 3.05) is 13.7 Å². The maximum Gasteiger partial charge on any atom is 0.336 e. The van der Waals surface area contributed by atoms with E-state index < -0.39 is 23.8 Å². The fraction of sp³-hybridized carbons (Fsp3) is 0.412. The Balaban J connectivity index is 2.68. The minimum Gasteiger partial charge on any atom is -0.468 e. The van der Waals surface area contributed by atoms with E-state index in [0.29, 0.717) is 22.5 Å². The van der Waals surface area contributed by atoms with Crippen molar-refractivity contribution in [1.29, 1.82) is 0 Å².